The van der Waals surface area contributed by atoms with Crippen molar-refractivity contribution in [2.24, 2.45) is 5.92 Å². The highest BCUT2D eigenvalue weighted by molar-refractivity contribution is 5.89. The van der Waals surface area contributed by atoms with Crippen LogP contribution in [0.5, 0.6) is 0 Å². The van der Waals surface area contributed by atoms with Gasteiger partial charge in [0.2, 0.25) is 5.91 Å². The lowest BCUT2D eigenvalue weighted by atomic mass is 9.98. The molecule has 2 aromatic carbocycles. The van der Waals surface area contributed by atoms with Gasteiger partial charge in [-0.3, -0.25) is 4.79 Å². The highest BCUT2D eigenvalue weighted by Crippen LogP contribution is 2.44. The maximum Gasteiger partial charge on any atom is 0.407 e. The van der Waals surface area contributed by atoms with Gasteiger partial charge in [-0.05, 0) is 47.4 Å². The van der Waals surface area contributed by atoms with Crippen molar-refractivity contribution in [3.05, 3.63) is 59.7 Å². The Morgan fingerprint density at radius 1 is 1.00 bits per heavy atom. The lowest BCUT2D eigenvalue weighted by Crippen LogP contribution is -2.52. The molecule has 2 aliphatic rings. The molecule has 162 valence electrons. The molecule has 0 aromatic heterocycles. The summed E-state index contributed by atoms with van der Waals surface area (Å²) >= 11 is 0. The molecule has 1 fully saturated rings. The van der Waals surface area contributed by atoms with Crippen molar-refractivity contribution >= 4 is 18.0 Å². The number of aliphatic carboxylic acids is 1. The summed E-state index contributed by atoms with van der Waals surface area (Å²) in [5, 5.41) is 14.4. The van der Waals surface area contributed by atoms with E-state index in [9.17, 15) is 19.5 Å². The number of benzene rings is 2. The molecule has 0 aliphatic heterocycles. The standard InChI is InChI=1S/C24H26N2O5/c1-2-20(22(27)26-21(23(28)29)14-11-12-14)25-24(30)31-13-19-17-9-5-3-7-15(17)16-8-4-6-10-18(16)19/h3-10,14,19-21H,2,11-13H2,1H3,(H,25,30)(H,26,27)(H,28,29). The molecule has 0 saturated heterocycles. The average Bonchev–Trinajstić information content (AvgIpc) is 3.56. The van der Waals surface area contributed by atoms with Crippen molar-refractivity contribution in [3.8, 4) is 11.1 Å². The number of carbonyl (C=O) groups excluding carboxylic acids is 2. The van der Waals surface area contributed by atoms with Gasteiger partial charge in [0.05, 0.1) is 0 Å². The fourth-order valence-corrected chi connectivity index (χ4v) is 4.20. The van der Waals surface area contributed by atoms with Crippen molar-refractivity contribution in [1.29, 1.82) is 0 Å². The Bertz CT molecular complexity index is 955. The van der Waals surface area contributed by atoms with Crippen LogP contribution < -0.4 is 10.6 Å². The van der Waals surface area contributed by atoms with E-state index in [2.05, 4.69) is 22.8 Å². The first kappa shape index (κ1) is 20.9. The highest BCUT2D eigenvalue weighted by atomic mass is 16.5. The summed E-state index contributed by atoms with van der Waals surface area (Å²) in [5.41, 5.74) is 4.49. The first-order valence-electron chi connectivity index (χ1n) is 10.6. The van der Waals surface area contributed by atoms with Crippen LogP contribution in [0, 0.1) is 5.92 Å². The molecule has 0 bridgehead atoms. The number of ether oxygens (including phenoxy) is 1. The number of carboxylic acids is 1. The first-order chi connectivity index (χ1) is 15.0. The van der Waals surface area contributed by atoms with Gasteiger partial charge in [0, 0.05) is 5.92 Å². The van der Waals surface area contributed by atoms with Crippen LogP contribution in [0.2, 0.25) is 0 Å². The molecule has 2 aliphatic carbocycles. The van der Waals surface area contributed by atoms with Crippen LogP contribution in [0.1, 0.15) is 43.2 Å². The predicted molar refractivity (Wildman–Crippen MR) is 115 cm³/mol. The normalized spacial score (nSPS) is 16.5. The number of rotatable bonds is 8. The number of nitrogens with one attached hydrogen (secondary N) is 2. The van der Waals surface area contributed by atoms with Crippen LogP contribution in [-0.4, -0.2) is 41.8 Å². The molecule has 0 spiro atoms. The van der Waals surface area contributed by atoms with Gasteiger partial charge in [-0.15, -0.1) is 0 Å². The molecule has 1 saturated carbocycles. The van der Waals surface area contributed by atoms with Crippen LogP contribution in [0.4, 0.5) is 4.79 Å². The second-order valence-electron chi connectivity index (χ2n) is 8.09. The average molecular weight is 422 g/mol. The van der Waals surface area contributed by atoms with Crippen molar-refractivity contribution in [3.63, 3.8) is 0 Å². The fraction of sp³-hybridized carbons (Fsp3) is 0.375. The van der Waals surface area contributed by atoms with Crippen LogP contribution in [-0.2, 0) is 14.3 Å². The molecule has 3 N–H and O–H groups in total. The maximum atomic E-state index is 12.5. The Morgan fingerprint density at radius 2 is 1.58 bits per heavy atom. The van der Waals surface area contributed by atoms with Gasteiger partial charge in [-0.25, -0.2) is 9.59 Å². The summed E-state index contributed by atoms with van der Waals surface area (Å²) in [7, 11) is 0. The van der Waals surface area contributed by atoms with Crippen molar-refractivity contribution in [1.82, 2.24) is 10.6 Å². The van der Waals surface area contributed by atoms with Gasteiger partial charge >= 0.3 is 12.1 Å². The summed E-state index contributed by atoms with van der Waals surface area (Å²) in [4.78, 5) is 36.3. The minimum Gasteiger partial charge on any atom is -0.480 e. The first-order valence-corrected chi connectivity index (χ1v) is 10.6. The number of amides is 2. The monoisotopic (exact) mass is 422 g/mol. The summed E-state index contributed by atoms with van der Waals surface area (Å²) in [5.74, 6) is -1.66. The van der Waals surface area contributed by atoms with Gasteiger partial charge in [0.25, 0.3) is 0 Å². The van der Waals surface area contributed by atoms with Gasteiger partial charge in [-0.1, -0.05) is 55.5 Å². The zero-order valence-corrected chi connectivity index (χ0v) is 17.3. The van der Waals surface area contributed by atoms with E-state index >= 15 is 0 Å². The highest BCUT2D eigenvalue weighted by Gasteiger charge is 2.38. The second kappa shape index (κ2) is 8.79. The van der Waals surface area contributed by atoms with Gasteiger partial charge in [-0.2, -0.15) is 0 Å². The molecule has 2 unspecified atom stereocenters. The third-order valence-electron chi connectivity index (χ3n) is 6.02. The van der Waals surface area contributed by atoms with E-state index in [1.54, 1.807) is 6.92 Å². The molecule has 31 heavy (non-hydrogen) atoms. The number of hydrogen-bond acceptors (Lipinski definition) is 4. The van der Waals surface area contributed by atoms with E-state index in [4.69, 9.17) is 4.74 Å². The summed E-state index contributed by atoms with van der Waals surface area (Å²) in [6.07, 6.45) is 1.21. The molecule has 4 rings (SSSR count). The van der Waals surface area contributed by atoms with Crippen LogP contribution in [0.25, 0.3) is 11.1 Å². The number of alkyl carbamates (subject to hydrolysis) is 1. The number of carboxylic acid groups (broad SMARTS) is 1. The Balaban J connectivity index is 1.37. The maximum absolute atomic E-state index is 12.5. The third kappa shape index (κ3) is 4.40. The van der Waals surface area contributed by atoms with Crippen LogP contribution in [0.3, 0.4) is 0 Å². The van der Waals surface area contributed by atoms with Crippen LogP contribution >= 0.6 is 0 Å². The molecular formula is C24H26N2O5. The lowest BCUT2D eigenvalue weighted by Gasteiger charge is -2.21. The van der Waals surface area contributed by atoms with E-state index in [0.29, 0.717) is 6.42 Å². The minimum atomic E-state index is -1.05. The Morgan fingerprint density at radius 3 is 2.10 bits per heavy atom. The fourth-order valence-electron chi connectivity index (χ4n) is 4.20. The van der Waals surface area contributed by atoms with E-state index in [1.807, 2.05) is 36.4 Å². The van der Waals surface area contributed by atoms with E-state index in [0.717, 1.165) is 35.1 Å². The molecule has 2 aromatic rings. The SMILES string of the molecule is CCC(NC(=O)OCC1c2ccccc2-c2ccccc21)C(=O)NC(C(=O)O)C1CC1. The summed E-state index contributed by atoms with van der Waals surface area (Å²) < 4.78 is 5.49. The molecule has 7 heteroatoms. The zero-order valence-electron chi connectivity index (χ0n) is 17.3. The predicted octanol–water partition coefficient (Wildman–Crippen LogP) is 3.28. The second-order valence-corrected chi connectivity index (χ2v) is 8.09. The van der Waals surface area contributed by atoms with Crippen molar-refractivity contribution < 1.29 is 24.2 Å². The smallest absolute Gasteiger partial charge is 0.407 e. The zero-order chi connectivity index (χ0) is 22.0. The summed E-state index contributed by atoms with van der Waals surface area (Å²) in [6, 6.07) is 14.3. The number of hydrogen-bond donors (Lipinski definition) is 3. The van der Waals surface area contributed by atoms with Gasteiger partial charge in [0.15, 0.2) is 0 Å². The molecule has 2 atom stereocenters. The van der Waals surface area contributed by atoms with E-state index < -0.39 is 30.1 Å². The van der Waals surface area contributed by atoms with Crippen molar-refractivity contribution in [2.75, 3.05) is 6.61 Å². The van der Waals surface area contributed by atoms with Gasteiger partial charge < -0.3 is 20.5 Å². The largest absolute Gasteiger partial charge is 0.480 e. The summed E-state index contributed by atoms with van der Waals surface area (Å²) in [6.45, 7) is 1.90. The quantitative estimate of drug-likeness (QED) is 0.606. The molecule has 7 nitrogen and oxygen atoms in total. The molecule has 0 radical (unpaired) electrons. The van der Waals surface area contributed by atoms with E-state index in [-0.39, 0.29) is 18.4 Å². The topological polar surface area (TPSA) is 105 Å². The Labute approximate surface area is 180 Å². The minimum absolute atomic E-state index is 0.0339. The molecule has 2 amide bonds. The Hall–Kier alpha value is -3.35. The third-order valence-corrected chi connectivity index (χ3v) is 6.02. The lowest BCUT2D eigenvalue weighted by molar-refractivity contribution is -0.142. The molecule has 0 heterocycles. The van der Waals surface area contributed by atoms with Crippen molar-refractivity contribution in [2.45, 2.75) is 44.2 Å². The number of fused-ring (bicyclic) bond motifs is 3. The number of carbonyl (C=O) groups is 3. The molecular weight excluding hydrogens is 396 g/mol. The van der Waals surface area contributed by atoms with E-state index in [1.165, 1.54) is 0 Å². The van der Waals surface area contributed by atoms with Crippen LogP contribution in [0.15, 0.2) is 48.5 Å². The Kier molecular flexibility index (Phi) is 5.93. The van der Waals surface area contributed by atoms with Gasteiger partial charge in [0.1, 0.15) is 18.7 Å².